The summed E-state index contributed by atoms with van der Waals surface area (Å²) in [5.74, 6) is 1.49. The van der Waals surface area contributed by atoms with Gasteiger partial charge in [-0.2, -0.15) is 5.10 Å². The first-order valence-corrected chi connectivity index (χ1v) is 7.88. The molecule has 0 aliphatic carbocycles. The molecule has 4 nitrogen and oxygen atoms in total. The molecule has 2 heterocycles. The van der Waals surface area contributed by atoms with Gasteiger partial charge < -0.3 is 4.90 Å². The van der Waals surface area contributed by atoms with Crippen molar-refractivity contribution in [3.63, 3.8) is 0 Å². The Morgan fingerprint density at radius 3 is 2.56 bits per heavy atom. The average Bonchev–Trinajstić information content (AvgIpc) is 2.78. The predicted octanol–water partition coefficient (Wildman–Crippen LogP) is 2.61. The van der Waals surface area contributed by atoms with Crippen molar-refractivity contribution in [2.24, 2.45) is 5.92 Å². The number of hydrogen-bond acceptors (Lipinski definition) is 4. The molecule has 1 aliphatic rings. The Balaban J connectivity index is 2.28. The quantitative estimate of drug-likeness (QED) is 0.801. The summed E-state index contributed by atoms with van der Waals surface area (Å²) < 4.78 is 0. The molecule has 1 fully saturated rings. The summed E-state index contributed by atoms with van der Waals surface area (Å²) in [5, 5.41) is 9.62. The Bertz CT molecular complexity index is 410. The molecule has 1 saturated heterocycles. The number of nitrogens with zero attached hydrogens (tertiary/aromatic N) is 4. The smallest absolute Gasteiger partial charge is 0.245 e. The van der Waals surface area contributed by atoms with Gasteiger partial charge in [-0.1, -0.05) is 36.7 Å². The molecule has 0 amide bonds. The van der Waals surface area contributed by atoms with Crippen LogP contribution in [0.4, 0.5) is 5.95 Å². The number of alkyl halides is 1. The fraction of sp³-hybridized carbons (Fsp3) is 0.769. The molecule has 2 unspecified atom stereocenters. The number of aryl methyl sites for hydroxylation is 2. The van der Waals surface area contributed by atoms with E-state index in [0.29, 0.717) is 12.0 Å². The third-order valence-corrected chi connectivity index (χ3v) is 4.46. The lowest BCUT2D eigenvalue weighted by molar-refractivity contribution is 0.549. The molecule has 0 spiro atoms. The second-order valence-corrected chi connectivity index (χ2v) is 5.54. The minimum atomic E-state index is 0.490. The molecule has 100 valence electrons. The second kappa shape index (κ2) is 5.95. The minimum Gasteiger partial charge on any atom is -0.335 e. The van der Waals surface area contributed by atoms with Crippen LogP contribution in [0.1, 0.15) is 38.6 Å². The lowest BCUT2D eigenvalue weighted by atomic mass is 10.1. The summed E-state index contributed by atoms with van der Waals surface area (Å²) in [6.45, 7) is 7.56. The summed E-state index contributed by atoms with van der Waals surface area (Å²) in [6.07, 6.45) is 3.03. The van der Waals surface area contributed by atoms with Gasteiger partial charge in [-0.15, -0.1) is 5.10 Å². The van der Waals surface area contributed by atoms with Crippen LogP contribution in [0.25, 0.3) is 0 Å². The topological polar surface area (TPSA) is 41.9 Å². The van der Waals surface area contributed by atoms with Crippen LogP contribution >= 0.6 is 15.9 Å². The highest BCUT2D eigenvalue weighted by molar-refractivity contribution is 9.09. The highest BCUT2D eigenvalue weighted by Crippen LogP contribution is 2.28. The molecular formula is C13H21BrN4. The number of rotatable bonds is 4. The second-order valence-electron chi connectivity index (χ2n) is 4.89. The molecule has 18 heavy (non-hydrogen) atoms. The normalized spacial score (nSPS) is 23.7. The van der Waals surface area contributed by atoms with E-state index in [9.17, 15) is 0 Å². The van der Waals surface area contributed by atoms with Gasteiger partial charge in [-0.05, 0) is 25.2 Å². The lowest BCUT2D eigenvalue weighted by Crippen LogP contribution is -2.35. The first-order valence-electron chi connectivity index (χ1n) is 6.76. The van der Waals surface area contributed by atoms with E-state index < -0.39 is 0 Å². The van der Waals surface area contributed by atoms with Crippen LogP contribution in [0, 0.1) is 5.92 Å². The highest BCUT2D eigenvalue weighted by atomic mass is 79.9. The highest BCUT2D eigenvalue weighted by Gasteiger charge is 2.32. The van der Waals surface area contributed by atoms with Crippen molar-refractivity contribution < 1.29 is 0 Å². The summed E-state index contributed by atoms with van der Waals surface area (Å²) in [4.78, 5) is 7.00. The van der Waals surface area contributed by atoms with Gasteiger partial charge in [0.1, 0.15) is 0 Å². The van der Waals surface area contributed by atoms with Crippen LogP contribution in [0.15, 0.2) is 0 Å². The van der Waals surface area contributed by atoms with Crippen molar-refractivity contribution in [2.75, 3.05) is 16.8 Å². The maximum atomic E-state index is 4.71. The summed E-state index contributed by atoms with van der Waals surface area (Å²) in [7, 11) is 0. The van der Waals surface area contributed by atoms with Crippen LogP contribution in [-0.2, 0) is 12.8 Å². The van der Waals surface area contributed by atoms with Crippen molar-refractivity contribution in [2.45, 2.75) is 46.1 Å². The van der Waals surface area contributed by atoms with E-state index in [1.807, 2.05) is 0 Å². The fourth-order valence-corrected chi connectivity index (χ4v) is 3.53. The monoisotopic (exact) mass is 312 g/mol. The van der Waals surface area contributed by atoms with Crippen molar-refractivity contribution >= 4 is 21.9 Å². The third-order valence-electron chi connectivity index (χ3n) is 3.80. The number of halogens is 1. The summed E-state index contributed by atoms with van der Waals surface area (Å²) in [5.41, 5.74) is 2.12. The Kier molecular flexibility index (Phi) is 4.54. The molecule has 2 rings (SSSR count). The van der Waals surface area contributed by atoms with Gasteiger partial charge in [0.15, 0.2) is 0 Å². The zero-order valence-corrected chi connectivity index (χ0v) is 12.9. The summed E-state index contributed by atoms with van der Waals surface area (Å²) in [6, 6.07) is 0.490. The SMILES string of the molecule is CCc1nnc(N2CCC(C)C2CBr)nc1CC. The first-order chi connectivity index (χ1) is 8.71. The molecule has 5 heteroatoms. The molecule has 2 atom stereocenters. The van der Waals surface area contributed by atoms with Gasteiger partial charge in [0.05, 0.1) is 11.4 Å². The average molecular weight is 313 g/mol. The summed E-state index contributed by atoms with van der Waals surface area (Å²) >= 11 is 3.60. The maximum absolute atomic E-state index is 4.71. The molecule has 0 N–H and O–H groups in total. The molecule has 1 aromatic heterocycles. The molecular weight excluding hydrogens is 292 g/mol. The minimum absolute atomic E-state index is 0.490. The van der Waals surface area contributed by atoms with Crippen LogP contribution < -0.4 is 4.90 Å². The van der Waals surface area contributed by atoms with Gasteiger partial charge in [0.2, 0.25) is 5.95 Å². The van der Waals surface area contributed by atoms with E-state index in [1.54, 1.807) is 0 Å². The van der Waals surface area contributed by atoms with E-state index in [0.717, 1.165) is 42.1 Å². The van der Waals surface area contributed by atoms with Crippen LogP contribution in [0.3, 0.4) is 0 Å². The molecule has 1 aromatic rings. The van der Waals surface area contributed by atoms with Crippen molar-refractivity contribution in [3.05, 3.63) is 11.4 Å². The van der Waals surface area contributed by atoms with Gasteiger partial charge in [-0.25, -0.2) is 4.98 Å². The Hall–Kier alpha value is -0.710. The lowest BCUT2D eigenvalue weighted by Gasteiger charge is -2.25. The fourth-order valence-electron chi connectivity index (χ4n) is 2.54. The predicted molar refractivity (Wildman–Crippen MR) is 77.3 cm³/mol. The third kappa shape index (κ3) is 2.51. The van der Waals surface area contributed by atoms with E-state index in [2.05, 4.69) is 51.8 Å². The molecule has 0 saturated carbocycles. The zero-order chi connectivity index (χ0) is 13.1. The van der Waals surface area contributed by atoms with Gasteiger partial charge in [-0.3, -0.25) is 0 Å². The van der Waals surface area contributed by atoms with Gasteiger partial charge >= 0.3 is 0 Å². The number of hydrogen-bond donors (Lipinski definition) is 0. The van der Waals surface area contributed by atoms with Crippen LogP contribution in [0.5, 0.6) is 0 Å². The van der Waals surface area contributed by atoms with Gasteiger partial charge in [0.25, 0.3) is 0 Å². The van der Waals surface area contributed by atoms with Crippen molar-refractivity contribution in [1.82, 2.24) is 15.2 Å². The Morgan fingerprint density at radius 2 is 1.94 bits per heavy atom. The maximum Gasteiger partial charge on any atom is 0.245 e. The molecule has 0 aromatic carbocycles. The van der Waals surface area contributed by atoms with Gasteiger partial charge in [0, 0.05) is 17.9 Å². The number of anilines is 1. The largest absolute Gasteiger partial charge is 0.335 e. The van der Waals surface area contributed by atoms with Crippen molar-refractivity contribution in [3.8, 4) is 0 Å². The van der Waals surface area contributed by atoms with Crippen LogP contribution in [-0.4, -0.2) is 33.1 Å². The number of aromatic nitrogens is 3. The Morgan fingerprint density at radius 1 is 1.22 bits per heavy atom. The first kappa shape index (κ1) is 13.7. The van der Waals surface area contributed by atoms with E-state index in [1.165, 1.54) is 6.42 Å². The Labute approximate surface area is 117 Å². The molecule has 0 radical (unpaired) electrons. The van der Waals surface area contributed by atoms with E-state index >= 15 is 0 Å². The standard InChI is InChI=1S/C13H21BrN4/c1-4-10-11(5-2)16-17-13(15-10)18-7-6-9(3)12(18)8-14/h9,12H,4-8H2,1-3H3. The van der Waals surface area contributed by atoms with E-state index in [4.69, 9.17) is 4.98 Å². The zero-order valence-electron chi connectivity index (χ0n) is 11.4. The molecule has 1 aliphatic heterocycles. The van der Waals surface area contributed by atoms with Crippen LogP contribution in [0.2, 0.25) is 0 Å². The molecule has 0 bridgehead atoms. The van der Waals surface area contributed by atoms with Crippen molar-refractivity contribution in [1.29, 1.82) is 0 Å². The van der Waals surface area contributed by atoms with E-state index in [-0.39, 0.29) is 0 Å².